The van der Waals surface area contributed by atoms with E-state index in [1.54, 1.807) is 0 Å². The number of piperazine rings is 1. The zero-order valence-electron chi connectivity index (χ0n) is 13.3. The van der Waals surface area contributed by atoms with Crippen LogP contribution in [0, 0.1) is 0 Å². The molecule has 0 spiro atoms. The van der Waals surface area contributed by atoms with Crippen LogP contribution < -0.4 is 5.32 Å². The molecule has 0 amide bonds. The minimum absolute atomic E-state index is 0. The summed E-state index contributed by atoms with van der Waals surface area (Å²) in [6.07, 6.45) is -3.13. The number of hydrogen-bond donors (Lipinski definition) is 1. The maximum absolute atomic E-state index is 13.1. The Morgan fingerprint density at radius 2 is 1.75 bits per heavy atom. The molecule has 0 radical (unpaired) electrons. The minimum Gasteiger partial charge on any atom is -0.350 e. The van der Waals surface area contributed by atoms with Gasteiger partial charge in [-0.1, -0.05) is 18.2 Å². The van der Waals surface area contributed by atoms with Gasteiger partial charge in [0.25, 0.3) is 0 Å². The number of rotatable bonds is 3. The Balaban J connectivity index is 0.00000144. The second kappa shape index (κ2) is 8.43. The van der Waals surface area contributed by atoms with Crippen LogP contribution in [-0.2, 0) is 7.05 Å². The molecule has 0 saturated carbocycles. The van der Waals surface area contributed by atoms with E-state index in [0.717, 1.165) is 29.6 Å². The van der Waals surface area contributed by atoms with E-state index in [2.05, 4.69) is 5.32 Å². The number of aromatic nitrogens is 1. The van der Waals surface area contributed by atoms with Crippen LogP contribution in [0.2, 0.25) is 0 Å². The Hall–Kier alpha value is -0.950. The lowest BCUT2D eigenvalue weighted by molar-refractivity contribution is -0.148. The summed E-state index contributed by atoms with van der Waals surface area (Å²) in [6.45, 7) is 2.76. The summed E-state index contributed by atoms with van der Waals surface area (Å²) < 4.78 is 41.2. The maximum Gasteiger partial charge on any atom is 0.390 e. The van der Waals surface area contributed by atoms with Gasteiger partial charge in [-0.05, 0) is 11.6 Å². The molecule has 3 rings (SSSR count). The van der Waals surface area contributed by atoms with E-state index in [9.17, 15) is 13.2 Å². The summed E-state index contributed by atoms with van der Waals surface area (Å²) >= 11 is 0. The largest absolute Gasteiger partial charge is 0.390 e. The molecule has 24 heavy (non-hydrogen) atoms. The highest BCUT2D eigenvalue weighted by atomic mass is 35.5. The van der Waals surface area contributed by atoms with Gasteiger partial charge in [0.1, 0.15) is 0 Å². The Labute approximate surface area is 152 Å². The average molecular weight is 384 g/mol. The molecular formula is C16H22Cl2F3N3. The standard InChI is InChI=1S/C16H20F3N3.2ClH/c1-21-11-13(12-4-2-3-5-14(12)21)15(10-16(17,18)19)22-8-6-20-7-9-22;;/h2-5,11,15,20H,6-10H2,1H3;2*1H/t15-;;/m1../s1. The first-order valence-electron chi connectivity index (χ1n) is 7.51. The third-order valence-electron chi connectivity index (χ3n) is 4.30. The fourth-order valence-corrected chi connectivity index (χ4v) is 3.29. The van der Waals surface area contributed by atoms with Gasteiger partial charge in [-0.3, -0.25) is 4.90 Å². The van der Waals surface area contributed by atoms with Crippen LogP contribution >= 0.6 is 24.8 Å². The molecule has 136 valence electrons. The second-order valence-corrected chi connectivity index (χ2v) is 5.83. The average Bonchev–Trinajstić information content (AvgIpc) is 2.83. The van der Waals surface area contributed by atoms with Crippen LogP contribution in [0.5, 0.6) is 0 Å². The summed E-state index contributed by atoms with van der Waals surface area (Å²) in [4.78, 5) is 1.95. The van der Waals surface area contributed by atoms with Crippen LogP contribution in [0.4, 0.5) is 13.2 Å². The van der Waals surface area contributed by atoms with Gasteiger partial charge >= 0.3 is 6.18 Å². The highest BCUT2D eigenvalue weighted by Crippen LogP contribution is 2.37. The van der Waals surface area contributed by atoms with Gasteiger partial charge in [-0.25, -0.2) is 0 Å². The van der Waals surface area contributed by atoms with Crippen LogP contribution in [0.15, 0.2) is 30.5 Å². The summed E-state index contributed by atoms with van der Waals surface area (Å²) in [6, 6.07) is 7.04. The predicted molar refractivity (Wildman–Crippen MR) is 95.3 cm³/mol. The molecule has 1 aromatic carbocycles. The Kier molecular flexibility index (Phi) is 7.41. The first-order valence-corrected chi connectivity index (χ1v) is 7.51. The molecule has 0 bridgehead atoms. The molecule has 2 heterocycles. The number of nitrogens with zero attached hydrogens (tertiary/aromatic N) is 2. The van der Waals surface area contributed by atoms with Crippen molar-refractivity contribution in [3.8, 4) is 0 Å². The smallest absolute Gasteiger partial charge is 0.350 e. The van der Waals surface area contributed by atoms with E-state index in [-0.39, 0.29) is 24.8 Å². The number of alkyl halides is 3. The van der Waals surface area contributed by atoms with Crippen molar-refractivity contribution in [1.82, 2.24) is 14.8 Å². The molecule has 3 nitrogen and oxygen atoms in total. The number of aryl methyl sites for hydroxylation is 1. The number of benzene rings is 1. The molecule has 1 atom stereocenters. The number of fused-ring (bicyclic) bond motifs is 1. The zero-order valence-corrected chi connectivity index (χ0v) is 15.0. The van der Waals surface area contributed by atoms with Gasteiger partial charge in [-0.15, -0.1) is 24.8 Å². The Morgan fingerprint density at radius 1 is 1.12 bits per heavy atom. The molecule has 1 N–H and O–H groups in total. The molecule has 1 aliphatic rings. The molecule has 1 aliphatic heterocycles. The van der Waals surface area contributed by atoms with E-state index in [1.165, 1.54) is 0 Å². The van der Waals surface area contributed by atoms with Crippen LogP contribution in [-0.4, -0.2) is 41.8 Å². The van der Waals surface area contributed by atoms with Crippen molar-refractivity contribution in [2.24, 2.45) is 7.05 Å². The van der Waals surface area contributed by atoms with Gasteiger partial charge in [0.15, 0.2) is 0 Å². The van der Waals surface area contributed by atoms with Crippen LogP contribution in [0.1, 0.15) is 18.0 Å². The molecule has 1 saturated heterocycles. The third-order valence-corrected chi connectivity index (χ3v) is 4.30. The first-order chi connectivity index (χ1) is 10.5. The number of hydrogen-bond acceptors (Lipinski definition) is 2. The van der Waals surface area contributed by atoms with E-state index < -0.39 is 18.6 Å². The Bertz CT molecular complexity index is 652. The molecule has 1 fully saturated rings. The number of nitrogens with one attached hydrogen (secondary N) is 1. The lowest BCUT2D eigenvalue weighted by Crippen LogP contribution is -2.46. The highest BCUT2D eigenvalue weighted by Gasteiger charge is 2.37. The normalized spacial score (nSPS) is 17.2. The Morgan fingerprint density at radius 3 is 2.38 bits per heavy atom. The summed E-state index contributed by atoms with van der Waals surface area (Å²) in [5.74, 6) is 0. The van der Waals surface area contributed by atoms with Gasteiger partial charge in [0, 0.05) is 56.4 Å². The fourth-order valence-electron chi connectivity index (χ4n) is 3.29. The highest BCUT2D eigenvalue weighted by molar-refractivity contribution is 5.86. The van der Waals surface area contributed by atoms with E-state index >= 15 is 0 Å². The molecule has 0 aliphatic carbocycles. The number of para-hydroxylation sites is 1. The van der Waals surface area contributed by atoms with E-state index in [1.807, 2.05) is 47.0 Å². The van der Waals surface area contributed by atoms with Crippen molar-refractivity contribution in [1.29, 1.82) is 0 Å². The van der Waals surface area contributed by atoms with Crippen molar-refractivity contribution < 1.29 is 13.2 Å². The monoisotopic (exact) mass is 383 g/mol. The van der Waals surface area contributed by atoms with Crippen LogP contribution in [0.3, 0.4) is 0 Å². The maximum atomic E-state index is 13.1. The molecule has 0 unspecified atom stereocenters. The van der Waals surface area contributed by atoms with Gasteiger partial charge < -0.3 is 9.88 Å². The summed E-state index contributed by atoms with van der Waals surface area (Å²) in [5, 5.41) is 4.11. The van der Waals surface area contributed by atoms with Crippen molar-refractivity contribution in [2.75, 3.05) is 26.2 Å². The van der Waals surface area contributed by atoms with E-state index in [4.69, 9.17) is 0 Å². The van der Waals surface area contributed by atoms with Crippen molar-refractivity contribution in [3.63, 3.8) is 0 Å². The van der Waals surface area contributed by atoms with Crippen LogP contribution in [0.25, 0.3) is 10.9 Å². The lowest BCUT2D eigenvalue weighted by Gasteiger charge is -2.35. The quantitative estimate of drug-likeness (QED) is 0.866. The third kappa shape index (κ3) is 4.57. The summed E-state index contributed by atoms with van der Waals surface area (Å²) in [7, 11) is 1.88. The first kappa shape index (κ1) is 21.1. The zero-order chi connectivity index (χ0) is 15.7. The molecule has 8 heteroatoms. The summed E-state index contributed by atoms with van der Waals surface area (Å²) in [5.41, 5.74) is 1.75. The van der Waals surface area contributed by atoms with E-state index in [0.29, 0.717) is 13.1 Å². The van der Waals surface area contributed by atoms with Gasteiger partial charge in [0.05, 0.1) is 6.42 Å². The second-order valence-electron chi connectivity index (χ2n) is 5.83. The predicted octanol–water partition coefficient (Wildman–Crippen LogP) is 3.92. The fraction of sp³-hybridized carbons (Fsp3) is 0.500. The van der Waals surface area contributed by atoms with Gasteiger partial charge in [-0.2, -0.15) is 13.2 Å². The molecule has 1 aromatic heterocycles. The minimum atomic E-state index is -4.17. The SMILES string of the molecule is Cl.Cl.Cn1cc([C@@H](CC(F)(F)F)N2CCNCC2)c2ccccc21. The van der Waals surface area contributed by atoms with Crippen molar-refractivity contribution >= 4 is 35.7 Å². The molecule has 2 aromatic rings. The topological polar surface area (TPSA) is 20.2 Å². The van der Waals surface area contributed by atoms with Gasteiger partial charge in [0.2, 0.25) is 0 Å². The van der Waals surface area contributed by atoms with Crippen molar-refractivity contribution in [2.45, 2.75) is 18.6 Å². The van der Waals surface area contributed by atoms with Crippen molar-refractivity contribution in [3.05, 3.63) is 36.0 Å². The lowest BCUT2D eigenvalue weighted by atomic mass is 10.00. The molecular weight excluding hydrogens is 362 g/mol. The number of halogens is 5.